The predicted molar refractivity (Wildman–Crippen MR) is 107 cm³/mol. The third-order valence-corrected chi connectivity index (χ3v) is 5.15. The predicted octanol–water partition coefficient (Wildman–Crippen LogP) is 1.88. The lowest BCUT2D eigenvalue weighted by molar-refractivity contribution is -0.120. The van der Waals surface area contributed by atoms with Crippen molar-refractivity contribution < 1.29 is 9.53 Å². The number of ether oxygens (including phenoxy) is 1. The Balaban J connectivity index is 1.38. The lowest BCUT2D eigenvalue weighted by atomic mass is 10.0. The zero-order valence-electron chi connectivity index (χ0n) is 16.0. The van der Waals surface area contributed by atoms with Gasteiger partial charge in [-0.05, 0) is 42.8 Å². The molecule has 146 valence electrons. The van der Waals surface area contributed by atoms with Gasteiger partial charge in [-0.15, -0.1) is 0 Å². The van der Waals surface area contributed by atoms with Crippen molar-refractivity contribution in [1.29, 1.82) is 0 Å². The molecule has 2 aromatic heterocycles. The number of nitrogens with zero attached hydrogens (tertiary/aromatic N) is 3. The van der Waals surface area contributed by atoms with E-state index in [9.17, 15) is 4.79 Å². The Morgan fingerprint density at radius 1 is 1.32 bits per heavy atom. The summed E-state index contributed by atoms with van der Waals surface area (Å²) in [5.41, 5.74) is 2.95. The highest BCUT2D eigenvalue weighted by Gasteiger charge is 2.23. The van der Waals surface area contributed by atoms with Crippen molar-refractivity contribution in [1.82, 2.24) is 25.4 Å². The quantitative estimate of drug-likeness (QED) is 0.655. The van der Waals surface area contributed by atoms with Crippen molar-refractivity contribution in [3.05, 3.63) is 53.9 Å². The molecule has 1 unspecified atom stereocenters. The van der Waals surface area contributed by atoms with E-state index in [-0.39, 0.29) is 5.91 Å². The molecular weight excluding hydrogens is 354 g/mol. The SMILES string of the molecule is COc1ccc(CC(=O)NCCn2nc(C3CCNC3)c3cccnc32)cc1. The lowest BCUT2D eigenvalue weighted by Crippen LogP contribution is -2.29. The molecule has 0 aliphatic carbocycles. The van der Waals surface area contributed by atoms with Crippen LogP contribution < -0.4 is 15.4 Å². The van der Waals surface area contributed by atoms with Crippen LogP contribution >= 0.6 is 0 Å². The number of carbonyl (C=O) groups is 1. The number of aromatic nitrogens is 3. The third kappa shape index (κ3) is 3.99. The monoisotopic (exact) mass is 379 g/mol. The van der Waals surface area contributed by atoms with Crippen LogP contribution in [0.25, 0.3) is 11.0 Å². The van der Waals surface area contributed by atoms with Crippen LogP contribution in [-0.4, -0.2) is 47.4 Å². The fourth-order valence-electron chi connectivity index (χ4n) is 3.67. The lowest BCUT2D eigenvalue weighted by Gasteiger charge is -2.07. The molecule has 7 nitrogen and oxygen atoms in total. The first-order valence-corrected chi connectivity index (χ1v) is 9.66. The molecule has 28 heavy (non-hydrogen) atoms. The summed E-state index contributed by atoms with van der Waals surface area (Å²) in [4.78, 5) is 16.7. The number of methoxy groups -OCH3 is 1. The molecule has 1 fully saturated rings. The van der Waals surface area contributed by atoms with Gasteiger partial charge >= 0.3 is 0 Å². The first kappa shape index (κ1) is 18.4. The summed E-state index contributed by atoms with van der Waals surface area (Å²) in [6, 6.07) is 11.6. The van der Waals surface area contributed by atoms with E-state index >= 15 is 0 Å². The van der Waals surface area contributed by atoms with Gasteiger partial charge in [-0.3, -0.25) is 4.79 Å². The van der Waals surface area contributed by atoms with Crippen LogP contribution in [0.5, 0.6) is 5.75 Å². The Morgan fingerprint density at radius 3 is 2.93 bits per heavy atom. The van der Waals surface area contributed by atoms with E-state index in [1.54, 1.807) is 13.3 Å². The highest BCUT2D eigenvalue weighted by Crippen LogP contribution is 2.27. The first-order valence-electron chi connectivity index (χ1n) is 9.66. The Bertz CT molecular complexity index is 945. The maximum Gasteiger partial charge on any atom is 0.224 e. The van der Waals surface area contributed by atoms with Gasteiger partial charge in [-0.2, -0.15) is 5.10 Å². The summed E-state index contributed by atoms with van der Waals surface area (Å²) in [6.07, 6.45) is 3.24. The van der Waals surface area contributed by atoms with Crippen LogP contribution in [0.4, 0.5) is 0 Å². The Hall–Kier alpha value is -2.93. The average molecular weight is 379 g/mol. The molecule has 1 aliphatic rings. The van der Waals surface area contributed by atoms with Crippen molar-refractivity contribution in [2.24, 2.45) is 0 Å². The van der Waals surface area contributed by atoms with Crippen molar-refractivity contribution >= 4 is 16.9 Å². The van der Waals surface area contributed by atoms with E-state index in [0.717, 1.165) is 47.6 Å². The number of carbonyl (C=O) groups excluding carboxylic acids is 1. The topological polar surface area (TPSA) is 81.1 Å². The van der Waals surface area contributed by atoms with E-state index in [1.807, 2.05) is 35.0 Å². The van der Waals surface area contributed by atoms with Gasteiger partial charge in [0.15, 0.2) is 5.65 Å². The van der Waals surface area contributed by atoms with Crippen molar-refractivity contribution in [3.8, 4) is 5.75 Å². The Labute approximate surface area is 164 Å². The second-order valence-corrected chi connectivity index (χ2v) is 7.05. The van der Waals surface area contributed by atoms with E-state index < -0.39 is 0 Å². The summed E-state index contributed by atoms with van der Waals surface area (Å²) < 4.78 is 7.06. The molecular formula is C21H25N5O2. The summed E-state index contributed by atoms with van der Waals surface area (Å²) in [6.45, 7) is 3.10. The summed E-state index contributed by atoms with van der Waals surface area (Å²) >= 11 is 0. The molecule has 2 N–H and O–H groups in total. The molecule has 7 heteroatoms. The summed E-state index contributed by atoms with van der Waals surface area (Å²) in [5, 5.41) is 12.3. The van der Waals surface area contributed by atoms with Gasteiger partial charge in [0.1, 0.15) is 5.75 Å². The van der Waals surface area contributed by atoms with Crippen LogP contribution in [0.2, 0.25) is 0 Å². The van der Waals surface area contributed by atoms with E-state index in [2.05, 4.69) is 21.7 Å². The number of hydrogen-bond donors (Lipinski definition) is 2. The number of pyridine rings is 1. The molecule has 0 bridgehead atoms. The number of rotatable bonds is 7. The summed E-state index contributed by atoms with van der Waals surface area (Å²) in [5.74, 6) is 1.21. The fourth-order valence-corrected chi connectivity index (χ4v) is 3.67. The maximum atomic E-state index is 12.2. The second kappa shape index (κ2) is 8.39. The number of fused-ring (bicyclic) bond motifs is 1. The van der Waals surface area contributed by atoms with Crippen LogP contribution in [0.15, 0.2) is 42.6 Å². The Kier molecular flexibility index (Phi) is 5.53. The van der Waals surface area contributed by atoms with E-state index in [1.165, 1.54) is 0 Å². The Morgan fingerprint density at radius 2 is 2.18 bits per heavy atom. The molecule has 0 spiro atoms. The largest absolute Gasteiger partial charge is 0.497 e. The van der Waals surface area contributed by atoms with Gasteiger partial charge < -0.3 is 15.4 Å². The highest BCUT2D eigenvalue weighted by atomic mass is 16.5. The van der Waals surface area contributed by atoms with Crippen LogP contribution in [0.1, 0.15) is 23.6 Å². The second-order valence-electron chi connectivity index (χ2n) is 7.05. The minimum absolute atomic E-state index is 0.00481. The molecule has 1 aromatic carbocycles. The summed E-state index contributed by atoms with van der Waals surface area (Å²) in [7, 11) is 1.63. The number of benzene rings is 1. The number of nitrogens with one attached hydrogen (secondary N) is 2. The normalized spacial score (nSPS) is 16.4. The van der Waals surface area contributed by atoms with Crippen LogP contribution in [0, 0.1) is 0 Å². The van der Waals surface area contributed by atoms with E-state index in [0.29, 0.717) is 25.4 Å². The van der Waals surface area contributed by atoms with E-state index in [4.69, 9.17) is 9.84 Å². The molecule has 1 aliphatic heterocycles. The van der Waals surface area contributed by atoms with Gasteiger partial charge in [0.05, 0.1) is 25.8 Å². The van der Waals surface area contributed by atoms with Gasteiger partial charge in [-0.1, -0.05) is 12.1 Å². The molecule has 4 rings (SSSR count). The molecule has 0 saturated carbocycles. The third-order valence-electron chi connectivity index (χ3n) is 5.15. The van der Waals surface area contributed by atoms with Gasteiger partial charge in [0, 0.05) is 30.6 Å². The van der Waals surface area contributed by atoms with Gasteiger partial charge in [0.25, 0.3) is 0 Å². The molecule has 3 heterocycles. The minimum Gasteiger partial charge on any atom is -0.497 e. The fraction of sp³-hybridized carbons (Fsp3) is 0.381. The first-order chi connectivity index (χ1) is 13.7. The molecule has 1 atom stereocenters. The van der Waals surface area contributed by atoms with Gasteiger partial charge in [0.2, 0.25) is 5.91 Å². The molecule has 3 aromatic rings. The van der Waals surface area contributed by atoms with Crippen LogP contribution in [-0.2, 0) is 17.8 Å². The standard InChI is InChI=1S/C21H25N5O2/c1-28-17-6-4-15(5-7-17)13-19(27)23-11-12-26-21-18(3-2-9-24-21)20(25-26)16-8-10-22-14-16/h2-7,9,16,22H,8,10-14H2,1H3,(H,23,27). The van der Waals surface area contributed by atoms with Crippen molar-refractivity contribution in [2.75, 3.05) is 26.7 Å². The van der Waals surface area contributed by atoms with Crippen LogP contribution in [0.3, 0.4) is 0 Å². The highest BCUT2D eigenvalue weighted by molar-refractivity contribution is 5.79. The number of amides is 1. The zero-order chi connectivity index (χ0) is 19.3. The zero-order valence-corrected chi connectivity index (χ0v) is 16.0. The molecule has 0 radical (unpaired) electrons. The van der Waals surface area contributed by atoms with Crippen molar-refractivity contribution in [2.45, 2.75) is 25.3 Å². The minimum atomic E-state index is -0.00481. The van der Waals surface area contributed by atoms with Gasteiger partial charge in [-0.25, -0.2) is 9.67 Å². The maximum absolute atomic E-state index is 12.2. The smallest absolute Gasteiger partial charge is 0.224 e. The molecule has 1 saturated heterocycles. The number of hydrogen-bond acceptors (Lipinski definition) is 5. The average Bonchev–Trinajstić information content (AvgIpc) is 3.37. The van der Waals surface area contributed by atoms with Crippen molar-refractivity contribution in [3.63, 3.8) is 0 Å². The molecule has 1 amide bonds.